The fraction of sp³-hybridized carbons (Fsp3) is 0.500. The molecule has 0 aromatic heterocycles. The van der Waals surface area contributed by atoms with Crippen LogP contribution in [0, 0.1) is 0 Å². The van der Waals surface area contributed by atoms with Crippen LogP contribution in [-0.2, 0) is 14.3 Å². The van der Waals surface area contributed by atoms with Gasteiger partial charge in [-0.1, -0.05) is 63.7 Å². The summed E-state index contributed by atoms with van der Waals surface area (Å²) in [5, 5.41) is 0. The average molecular weight is 418 g/mol. The zero-order valence-electron chi connectivity index (χ0n) is 4.89. The van der Waals surface area contributed by atoms with E-state index in [9.17, 15) is 9.59 Å². The van der Waals surface area contributed by atoms with Gasteiger partial charge in [-0.25, -0.2) is 9.59 Å². The van der Waals surface area contributed by atoms with Gasteiger partial charge in [0, 0.05) is 0 Å². The smallest absolute Gasteiger partial charge is 0.338 e. The van der Waals surface area contributed by atoms with E-state index in [1.165, 1.54) is 0 Å². The van der Waals surface area contributed by atoms with Crippen LogP contribution in [0.25, 0.3) is 0 Å². The predicted octanol–water partition coefficient (Wildman–Crippen LogP) is 2.29. The van der Waals surface area contributed by atoms with Crippen LogP contribution in [0.4, 0.5) is 0 Å². The van der Waals surface area contributed by atoms with Crippen LogP contribution in [0.1, 0.15) is 0 Å². The Kier molecular flexibility index (Phi) is 6.21. The molecule has 0 aliphatic carbocycles. The van der Waals surface area contributed by atoms with Gasteiger partial charge in [-0.3, -0.25) is 0 Å². The van der Waals surface area contributed by atoms with E-state index in [0.29, 0.717) is 0 Å². The molecule has 0 aliphatic heterocycles. The van der Waals surface area contributed by atoms with Gasteiger partial charge in [-0.15, -0.1) is 0 Å². The first-order chi connectivity index (χ1) is 4.95. The quantitative estimate of drug-likeness (QED) is 0.393. The number of esters is 2. The van der Waals surface area contributed by atoms with Gasteiger partial charge in [0.25, 0.3) is 0 Å². The van der Waals surface area contributed by atoms with E-state index in [0.717, 1.165) is 0 Å². The molecule has 7 heteroatoms. The first-order valence-electron chi connectivity index (χ1n) is 2.27. The second-order valence-corrected chi connectivity index (χ2v) is 7.46. The number of hydrogen-bond acceptors (Lipinski definition) is 3. The number of halogens is 4. The average Bonchev–Trinajstić information content (AvgIpc) is 1.87. The van der Waals surface area contributed by atoms with E-state index in [1.807, 2.05) is 0 Å². The second kappa shape index (κ2) is 5.66. The molecule has 0 saturated heterocycles. The summed E-state index contributed by atoms with van der Waals surface area (Å²) in [4.78, 5) is 21.4. The van der Waals surface area contributed by atoms with Gasteiger partial charge in [-0.05, 0) is 0 Å². The highest BCUT2D eigenvalue weighted by Crippen LogP contribution is 2.14. The Morgan fingerprint density at radius 1 is 0.909 bits per heavy atom. The van der Waals surface area contributed by atoms with E-state index in [-0.39, 0.29) is 0 Å². The molecule has 0 spiro atoms. The van der Waals surface area contributed by atoms with Crippen molar-refractivity contribution in [2.24, 2.45) is 0 Å². The van der Waals surface area contributed by atoms with Crippen LogP contribution in [0.3, 0.4) is 0 Å². The topological polar surface area (TPSA) is 43.4 Å². The van der Waals surface area contributed by atoms with Gasteiger partial charge in [-0.2, -0.15) is 0 Å². The predicted molar refractivity (Wildman–Crippen MR) is 54.4 cm³/mol. The molecule has 64 valence electrons. The lowest BCUT2D eigenvalue weighted by atomic mass is 10.7. The van der Waals surface area contributed by atoms with Crippen molar-refractivity contribution >= 4 is 75.7 Å². The van der Waals surface area contributed by atoms with Crippen molar-refractivity contribution in [3.05, 3.63) is 0 Å². The zero-order chi connectivity index (χ0) is 9.02. The second-order valence-electron chi connectivity index (χ2n) is 1.34. The summed E-state index contributed by atoms with van der Waals surface area (Å²) in [5.41, 5.74) is 0. The normalized spacial score (nSPS) is 10.4. The summed E-state index contributed by atoms with van der Waals surface area (Å²) in [7, 11) is 0. The van der Waals surface area contributed by atoms with E-state index < -0.39 is 19.4 Å². The highest BCUT2D eigenvalue weighted by Gasteiger charge is 2.20. The number of ether oxygens (including phenoxy) is 1. The molecular weight excluding hydrogens is 416 g/mol. The molecule has 0 radical (unpaired) electrons. The summed E-state index contributed by atoms with van der Waals surface area (Å²) in [6, 6.07) is 0. The van der Waals surface area contributed by atoms with E-state index in [2.05, 4.69) is 68.5 Å². The summed E-state index contributed by atoms with van der Waals surface area (Å²) >= 11 is 11.5. The molecule has 3 nitrogen and oxygen atoms in total. The van der Waals surface area contributed by atoms with Gasteiger partial charge in [0.2, 0.25) is 0 Å². The fourth-order valence-corrected chi connectivity index (χ4v) is 0.562. The zero-order valence-corrected chi connectivity index (χ0v) is 11.2. The van der Waals surface area contributed by atoms with Crippen LogP contribution in [0.15, 0.2) is 0 Å². The maximum Gasteiger partial charge on any atom is 0.338 e. The van der Waals surface area contributed by atoms with Gasteiger partial charge in [0.05, 0.1) is 0 Å². The van der Waals surface area contributed by atoms with Crippen molar-refractivity contribution in [2.75, 3.05) is 0 Å². The number of alkyl halides is 4. The third-order valence-corrected chi connectivity index (χ3v) is 2.05. The van der Waals surface area contributed by atoms with Crippen molar-refractivity contribution in [3.63, 3.8) is 0 Å². The molecule has 0 saturated carbocycles. The fourth-order valence-electron chi connectivity index (χ4n) is 0.188. The van der Waals surface area contributed by atoms with Crippen molar-refractivity contribution < 1.29 is 14.3 Å². The number of hydrogen-bond donors (Lipinski definition) is 0. The molecular formula is C4H2Br4O3. The first kappa shape index (κ1) is 12.1. The lowest BCUT2D eigenvalue weighted by Gasteiger charge is -2.02. The highest BCUT2D eigenvalue weighted by atomic mass is 79.9. The van der Waals surface area contributed by atoms with Gasteiger partial charge in [0.15, 0.2) is 7.47 Å². The largest absolute Gasteiger partial charge is 0.390 e. The van der Waals surface area contributed by atoms with Gasteiger partial charge >= 0.3 is 11.9 Å². The molecule has 0 amide bonds. The number of rotatable bonds is 2. The Hall–Kier alpha value is 1.06. The SMILES string of the molecule is O=C(OC(=O)C(Br)Br)C(Br)Br. The Labute approximate surface area is 96.7 Å². The van der Waals surface area contributed by atoms with Gasteiger partial charge < -0.3 is 4.74 Å². The minimum Gasteiger partial charge on any atom is -0.390 e. The monoisotopic (exact) mass is 414 g/mol. The Morgan fingerprint density at radius 2 is 1.18 bits per heavy atom. The molecule has 11 heavy (non-hydrogen) atoms. The molecule has 0 N–H and O–H groups in total. The Morgan fingerprint density at radius 3 is 1.36 bits per heavy atom. The summed E-state index contributed by atoms with van der Waals surface area (Å²) in [5.74, 6) is -1.36. The molecule has 0 aromatic carbocycles. The molecule has 0 heterocycles. The number of carbonyl (C=O) groups is 2. The minimum absolute atomic E-state index is 0.655. The van der Waals surface area contributed by atoms with Crippen molar-refractivity contribution in [3.8, 4) is 0 Å². The van der Waals surface area contributed by atoms with Crippen molar-refractivity contribution in [2.45, 2.75) is 7.47 Å². The Bertz CT molecular complexity index is 149. The van der Waals surface area contributed by atoms with Crippen LogP contribution >= 0.6 is 63.7 Å². The molecule has 0 atom stereocenters. The maximum absolute atomic E-state index is 10.7. The van der Waals surface area contributed by atoms with E-state index in [1.54, 1.807) is 0 Å². The van der Waals surface area contributed by atoms with E-state index in [4.69, 9.17) is 0 Å². The molecule has 0 aromatic rings. The van der Waals surface area contributed by atoms with Crippen LogP contribution < -0.4 is 0 Å². The van der Waals surface area contributed by atoms with Crippen molar-refractivity contribution in [1.29, 1.82) is 0 Å². The highest BCUT2D eigenvalue weighted by molar-refractivity contribution is 9.25. The number of carbonyl (C=O) groups excluding carboxylic acids is 2. The third kappa shape index (κ3) is 5.32. The maximum atomic E-state index is 10.7. The van der Waals surface area contributed by atoms with Crippen LogP contribution in [-0.4, -0.2) is 19.4 Å². The van der Waals surface area contributed by atoms with Crippen LogP contribution in [0.2, 0.25) is 0 Å². The summed E-state index contributed by atoms with van der Waals surface area (Å²) in [6.45, 7) is 0. The van der Waals surface area contributed by atoms with Gasteiger partial charge in [0.1, 0.15) is 0 Å². The summed E-state index contributed by atoms with van der Waals surface area (Å²) < 4.78 is 3.00. The van der Waals surface area contributed by atoms with Crippen LogP contribution in [0.5, 0.6) is 0 Å². The molecule has 0 rings (SSSR count). The third-order valence-electron chi connectivity index (χ3n) is 0.558. The lowest BCUT2D eigenvalue weighted by molar-refractivity contribution is -0.156. The van der Waals surface area contributed by atoms with Crippen molar-refractivity contribution in [1.82, 2.24) is 0 Å². The molecule has 0 bridgehead atoms. The summed E-state index contributed by atoms with van der Waals surface area (Å²) in [6.07, 6.45) is 0. The Balaban J connectivity index is 3.86. The first-order valence-corrected chi connectivity index (χ1v) is 5.93. The lowest BCUT2D eigenvalue weighted by Crippen LogP contribution is -2.20. The molecule has 0 unspecified atom stereocenters. The standard InChI is InChI=1S/C4H2Br4O3/c5-1(6)3(9)11-4(10)2(7)8/h1-2H. The van der Waals surface area contributed by atoms with E-state index >= 15 is 0 Å². The molecule has 0 fully saturated rings. The molecule has 0 aliphatic rings. The minimum atomic E-state index is -0.682.